The van der Waals surface area contributed by atoms with E-state index in [0.29, 0.717) is 11.1 Å². The minimum absolute atomic E-state index is 0.00476. The zero-order chi connectivity index (χ0) is 24.2. The molecule has 1 unspecified atom stereocenters. The number of thioether (sulfide) groups is 1. The summed E-state index contributed by atoms with van der Waals surface area (Å²) in [6, 6.07) is 9.49. The van der Waals surface area contributed by atoms with Crippen LogP contribution in [0.1, 0.15) is 16.7 Å². The number of hydrogen-bond donors (Lipinski definition) is 2. The van der Waals surface area contributed by atoms with Crippen LogP contribution in [0.3, 0.4) is 0 Å². The predicted molar refractivity (Wildman–Crippen MR) is 116 cm³/mol. The quantitative estimate of drug-likeness (QED) is 0.456. The Kier molecular flexibility index (Phi) is 7.44. The van der Waals surface area contributed by atoms with Crippen LogP contribution in [0.2, 0.25) is 0 Å². The van der Waals surface area contributed by atoms with Crippen LogP contribution >= 0.6 is 11.8 Å². The van der Waals surface area contributed by atoms with Crippen molar-refractivity contribution in [2.24, 2.45) is 5.73 Å². The molecular formula is C22H19F3N2O5S. The second kappa shape index (κ2) is 10.1. The van der Waals surface area contributed by atoms with E-state index in [1.807, 2.05) is 0 Å². The van der Waals surface area contributed by atoms with E-state index in [1.165, 1.54) is 43.5 Å². The highest BCUT2D eigenvalue weighted by molar-refractivity contribution is 8.18. The minimum Gasteiger partial charge on any atom is -0.468 e. The Morgan fingerprint density at radius 2 is 1.88 bits per heavy atom. The van der Waals surface area contributed by atoms with Gasteiger partial charge in [-0.3, -0.25) is 19.7 Å². The molecule has 1 fully saturated rings. The van der Waals surface area contributed by atoms with Crippen LogP contribution in [0.15, 0.2) is 47.4 Å². The molecule has 1 aliphatic heterocycles. The lowest BCUT2D eigenvalue weighted by Gasteiger charge is -2.16. The molecule has 7 nitrogen and oxygen atoms in total. The molecule has 1 saturated heterocycles. The van der Waals surface area contributed by atoms with Crippen molar-refractivity contribution in [3.05, 3.63) is 64.1 Å². The van der Waals surface area contributed by atoms with Crippen LogP contribution in [0, 0.1) is 0 Å². The summed E-state index contributed by atoms with van der Waals surface area (Å²) in [5.74, 6) is -0.876. The number of esters is 1. The number of rotatable bonds is 7. The van der Waals surface area contributed by atoms with Gasteiger partial charge in [-0.1, -0.05) is 24.3 Å². The van der Waals surface area contributed by atoms with Gasteiger partial charge in [0.15, 0.2) is 0 Å². The molecule has 1 heterocycles. The van der Waals surface area contributed by atoms with Crippen molar-refractivity contribution in [3.63, 3.8) is 0 Å². The van der Waals surface area contributed by atoms with Gasteiger partial charge in [0.05, 0.1) is 18.4 Å². The molecule has 2 aromatic carbocycles. The van der Waals surface area contributed by atoms with Crippen molar-refractivity contribution in [1.29, 1.82) is 0 Å². The molecule has 0 saturated carbocycles. The van der Waals surface area contributed by atoms with E-state index < -0.39 is 35.8 Å². The number of halogens is 3. The number of carbonyl (C=O) groups is 3. The number of methoxy groups -OCH3 is 1. The maximum Gasteiger partial charge on any atom is 0.393 e. The Labute approximate surface area is 191 Å². The van der Waals surface area contributed by atoms with Gasteiger partial charge in [-0.15, -0.1) is 0 Å². The van der Waals surface area contributed by atoms with Gasteiger partial charge in [-0.25, -0.2) is 0 Å². The molecule has 0 radical (unpaired) electrons. The maximum atomic E-state index is 13.1. The minimum atomic E-state index is -4.48. The smallest absolute Gasteiger partial charge is 0.393 e. The molecule has 1 aliphatic rings. The van der Waals surface area contributed by atoms with Crippen LogP contribution in [0.5, 0.6) is 11.5 Å². The first-order valence-corrected chi connectivity index (χ1v) is 10.4. The lowest BCUT2D eigenvalue weighted by molar-refractivity contribution is -0.142. The third-order valence-corrected chi connectivity index (χ3v) is 5.33. The highest BCUT2D eigenvalue weighted by Gasteiger charge is 2.30. The highest BCUT2D eigenvalue weighted by Crippen LogP contribution is 2.32. The summed E-state index contributed by atoms with van der Waals surface area (Å²) in [4.78, 5) is 34.6. The van der Waals surface area contributed by atoms with Crippen LogP contribution in [-0.4, -0.2) is 36.4 Å². The number of nitrogens with two attached hydrogens (primary N) is 1. The molecule has 0 aromatic heterocycles. The van der Waals surface area contributed by atoms with Gasteiger partial charge in [0.2, 0.25) is 0 Å². The number of imide groups is 1. The molecule has 2 amide bonds. The summed E-state index contributed by atoms with van der Waals surface area (Å²) in [5.41, 5.74) is 6.64. The van der Waals surface area contributed by atoms with E-state index in [-0.39, 0.29) is 28.4 Å². The molecule has 2 aromatic rings. The van der Waals surface area contributed by atoms with E-state index in [0.717, 1.165) is 11.8 Å². The molecule has 174 valence electrons. The van der Waals surface area contributed by atoms with Gasteiger partial charge < -0.3 is 15.2 Å². The van der Waals surface area contributed by atoms with Crippen molar-refractivity contribution in [3.8, 4) is 11.5 Å². The second-order valence-corrected chi connectivity index (χ2v) is 8.11. The normalized spacial score (nSPS) is 16.0. The van der Waals surface area contributed by atoms with Crippen LogP contribution in [0.4, 0.5) is 18.0 Å². The molecule has 3 N–H and O–H groups in total. The monoisotopic (exact) mass is 480 g/mol. The van der Waals surface area contributed by atoms with Gasteiger partial charge in [0.25, 0.3) is 11.1 Å². The van der Waals surface area contributed by atoms with E-state index >= 15 is 0 Å². The standard InChI is InChI=1S/C22H19F3N2O5S/c1-31-20(29)16(26)9-13-4-7-17(14(8-13)11-22(23,24)25)32-15-5-2-12(3-6-15)10-18-19(28)27-21(30)33-18/h2-8,10,16H,9,11,26H2,1H3,(H,27,28,30). The topological polar surface area (TPSA) is 108 Å². The fourth-order valence-electron chi connectivity index (χ4n) is 3.03. The molecule has 1 atom stereocenters. The predicted octanol–water partition coefficient (Wildman–Crippen LogP) is 3.95. The van der Waals surface area contributed by atoms with Crippen molar-refractivity contribution in [1.82, 2.24) is 5.32 Å². The number of hydrogen-bond acceptors (Lipinski definition) is 7. The number of nitrogens with one attached hydrogen (secondary N) is 1. The van der Waals surface area contributed by atoms with E-state index in [2.05, 4.69) is 10.1 Å². The number of carbonyl (C=O) groups excluding carboxylic acids is 3. The Morgan fingerprint density at radius 3 is 2.45 bits per heavy atom. The lowest BCUT2D eigenvalue weighted by Crippen LogP contribution is -2.33. The first kappa shape index (κ1) is 24.3. The Morgan fingerprint density at radius 1 is 1.18 bits per heavy atom. The fraction of sp³-hybridized carbons (Fsp3) is 0.227. The molecule has 33 heavy (non-hydrogen) atoms. The van der Waals surface area contributed by atoms with Gasteiger partial charge in [0, 0.05) is 5.56 Å². The van der Waals surface area contributed by atoms with Crippen LogP contribution < -0.4 is 15.8 Å². The Balaban J connectivity index is 1.80. The van der Waals surface area contributed by atoms with Crippen molar-refractivity contribution in [2.45, 2.75) is 25.1 Å². The highest BCUT2D eigenvalue weighted by atomic mass is 32.2. The van der Waals surface area contributed by atoms with Crippen molar-refractivity contribution < 1.29 is 37.0 Å². The first-order chi connectivity index (χ1) is 15.5. The van der Waals surface area contributed by atoms with Crippen LogP contribution in [-0.2, 0) is 27.2 Å². The van der Waals surface area contributed by atoms with E-state index in [4.69, 9.17) is 10.5 Å². The Hall–Kier alpha value is -3.31. The summed E-state index contributed by atoms with van der Waals surface area (Å²) in [7, 11) is 1.18. The van der Waals surface area contributed by atoms with Crippen molar-refractivity contribution in [2.75, 3.05) is 7.11 Å². The molecule has 0 aliphatic carbocycles. The SMILES string of the molecule is COC(=O)C(N)Cc1ccc(Oc2ccc(C=C3SC(=O)NC3=O)cc2)c(CC(F)(F)F)c1. The number of ether oxygens (including phenoxy) is 2. The molecule has 0 bridgehead atoms. The number of alkyl halides is 3. The maximum absolute atomic E-state index is 13.1. The number of benzene rings is 2. The zero-order valence-electron chi connectivity index (χ0n) is 17.3. The van der Waals surface area contributed by atoms with Gasteiger partial charge in [0.1, 0.15) is 17.5 Å². The summed E-state index contributed by atoms with van der Waals surface area (Å²) in [6.45, 7) is 0. The van der Waals surface area contributed by atoms with Crippen molar-refractivity contribution >= 4 is 35.0 Å². The summed E-state index contributed by atoms with van der Waals surface area (Å²) in [6.07, 6.45) is -4.18. The van der Waals surface area contributed by atoms with E-state index in [9.17, 15) is 27.6 Å². The van der Waals surface area contributed by atoms with Gasteiger partial charge in [-0.2, -0.15) is 13.2 Å². The molecule has 11 heteroatoms. The van der Waals surface area contributed by atoms with E-state index in [1.54, 1.807) is 12.1 Å². The number of amides is 2. The van der Waals surface area contributed by atoms with Gasteiger partial charge in [-0.05, 0) is 53.6 Å². The third kappa shape index (κ3) is 6.83. The van der Waals surface area contributed by atoms with Crippen LogP contribution in [0.25, 0.3) is 6.08 Å². The summed E-state index contributed by atoms with van der Waals surface area (Å²) < 4.78 is 49.6. The zero-order valence-corrected chi connectivity index (χ0v) is 18.1. The molecule has 0 spiro atoms. The first-order valence-electron chi connectivity index (χ1n) is 9.59. The average molecular weight is 480 g/mol. The molecular weight excluding hydrogens is 461 g/mol. The second-order valence-electron chi connectivity index (χ2n) is 7.09. The fourth-order valence-corrected chi connectivity index (χ4v) is 3.72. The molecule has 3 rings (SSSR count). The Bertz CT molecular complexity index is 1100. The summed E-state index contributed by atoms with van der Waals surface area (Å²) in [5, 5.41) is 1.69. The largest absolute Gasteiger partial charge is 0.468 e. The van der Waals surface area contributed by atoms with Gasteiger partial charge >= 0.3 is 12.1 Å². The average Bonchev–Trinajstić information content (AvgIpc) is 3.06. The summed E-state index contributed by atoms with van der Waals surface area (Å²) >= 11 is 0.777. The third-order valence-electron chi connectivity index (χ3n) is 4.52. The lowest BCUT2D eigenvalue weighted by atomic mass is 10.0.